The molecule has 3 aliphatic rings. The summed E-state index contributed by atoms with van der Waals surface area (Å²) in [4.78, 5) is 30.9. The van der Waals surface area contributed by atoms with Gasteiger partial charge in [-0.1, -0.05) is 0 Å². The fourth-order valence-corrected chi connectivity index (χ4v) is 5.38. The summed E-state index contributed by atoms with van der Waals surface area (Å²) in [5.41, 5.74) is 1.70. The first-order valence-electron chi connectivity index (χ1n) is 12.5. The second-order valence-corrected chi connectivity index (χ2v) is 10.6. The third-order valence-electron chi connectivity index (χ3n) is 7.37. The van der Waals surface area contributed by atoms with Crippen LogP contribution in [0.25, 0.3) is 5.65 Å². The summed E-state index contributed by atoms with van der Waals surface area (Å²) in [5, 5.41) is 9.95. The first kappa shape index (κ1) is 25.5. The van der Waals surface area contributed by atoms with Crippen molar-refractivity contribution in [3.8, 4) is 0 Å². The number of alkyl halides is 4. The Morgan fingerprint density at radius 1 is 1.24 bits per heavy atom. The number of fused-ring (bicyclic) bond motifs is 1. The molecule has 0 unspecified atom stereocenters. The Hall–Kier alpha value is -3.12. The molecule has 3 amide bonds. The number of rotatable bonds is 7. The van der Waals surface area contributed by atoms with Gasteiger partial charge >= 0.3 is 12.1 Å². The normalized spacial score (nSPS) is 24.5. The van der Waals surface area contributed by atoms with Crippen LogP contribution in [0, 0.1) is 11.8 Å². The number of imidazole rings is 1. The highest BCUT2D eigenvalue weighted by atomic mass is 19.3. The lowest BCUT2D eigenvalue weighted by Gasteiger charge is -2.35. The largest absolute Gasteiger partial charge is 0.449 e. The number of nitrogens with one attached hydrogen (secondary N) is 2. The summed E-state index contributed by atoms with van der Waals surface area (Å²) in [5.74, 6) is -6.16. The van der Waals surface area contributed by atoms with Gasteiger partial charge in [-0.05, 0) is 37.3 Å². The highest BCUT2D eigenvalue weighted by Gasteiger charge is 2.46. The van der Waals surface area contributed by atoms with E-state index in [0.29, 0.717) is 24.4 Å². The van der Waals surface area contributed by atoms with Gasteiger partial charge in [0, 0.05) is 50.7 Å². The molecule has 0 radical (unpaired) electrons. The predicted molar refractivity (Wildman–Crippen MR) is 123 cm³/mol. The maximum atomic E-state index is 13.8. The zero-order valence-electron chi connectivity index (χ0n) is 20.4. The molecule has 202 valence electrons. The minimum atomic E-state index is -2.74. The van der Waals surface area contributed by atoms with Gasteiger partial charge in [0.25, 0.3) is 0 Å². The number of urea groups is 1. The van der Waals surface area contributed by atoms with Crippen molar-refractivity contribution in [1.29, 1.82) is 0 Å². The molecule has 2 aromatic heterocycles. The molecule has 13 heteroatoms. The maximum absolute atomic E-state index is 13.8. The van der Waals surface area contributed by atoms with E-state index in [4.69, 9.17) is 4.74 Å². The van der Waals surface area contributed by atoms with Crippen LogP contribution in [0.2, 0.25) is 0 Å². The van der Waals surface area contributed by atoms with Crippen molar-refractivity contribution in [3.05, 3.63) is 29.7 Å². The molecule has 2 saturated carbocycles. The molecule has 3 heterocycles. The SMILES string of the molecule is C[C@@H]1CN(Cc2cnn3cc([C@@H](NC(=O)OCC4CC(F)(F)C4)C4CCC(F)(F)CC4)nc3c2)C(=O)N1. The molecule has 0 spiro atoms. The Morgan fingerprint density at radius 3 is 2.62 bits per heavy atom. The lowest BCUT2D eigenvalue weighted by atomic mass is 9.81. The zero-order chi connectivity index (χ0) is 26.4. The van der Waals surface area contributed by atoms with E-state index in [0.717, 1.165) is 5.56 Å². The summed E-state index contributed by atoms with van der Waals surface area (Å²) >= 11 is 0. The average Bonchev–Trinajstić information content (AvgIpc) is 3.36. The van der Waals surface area contributed by atoms with Crippen molar-refractivity contribution in [1.82, 2.24) is 30.1 Å². The molecule has 3 fully saturated rings. The van der Waals surface area contributed by atoms with E-state index in [2.05, 4.69) is 20.7 Å². The summed E-state index contributed by atoms with van der Waals surface area (Å²) in [6, 6.07) is 0.978. The van der Waals surface area contributed by atoms with Crippen molar-refractivity contribution in [2.24, 2.45) is 11.8 Å². The molecule has 37 heavy (non-hydrogen) atoms. The number of carbonyl (C=O) groups excluding carboxylic acids is 2. The Labute approximate surface area is 210 Å². The van der Waals surface area contributed by atoms with Crippen LogP contribution in [0.4, 0.5) is 27.2 Å². The van der Waals surface area contributed by atoms with E-state index in [1.54, 1.807) is 23.4 Å². The summed E-state index contributed by atoms with van der Waals surface area (Å²) in [6.07, 6.45) is 1.59. The molecular weight excluding hydrogens is 496 g/mol. The second-order valence-electron chi connectivity index (χ2n) is 10.6. The lowest BCUT2D eigenvalue weighted by molar-refractivity contribution is -0.122. The number of halogens is 4. The highest BCUT2D eigenvalue weighted by Crippen LogP contribution is 2.43. The fraction of sp³-hybridized carbons (Fsp3) is 0.667. The van der Waals surface area contributed by atoms with Crippen molar-refractivity contribution in [3.63, 3.8) is 0 Å². The average molecular weight is 527 g/mol. The van der Waals surface area contributed by atoms with Crippen LogP contribution in [-0.2, 0) is 11.3 Å². The van der Waals surface area contributed by atoms with Crippen LogP contribution >= 0.6 is 0 Å². The van der Waals surface area contributed by atoms with Gasteiger partial charge in [0.2, 0.25) is 11.8 Å². The number of ether oxygens (including phenoxy) is 1. The quantitative estimate of drug-likeness (QED) is 0.525. The maximum Gasteiger partial charge on any atom is 0.407 e. The van der Waals surface area contributed by atoms with Gasteiger partial charge in [0.05, 0.1) is 30.7 Å². The number of amides is 3. The first-order chi connectivity index (χ1) is 17.5. The summed E-state index contributed by atoms with van der Waals surface area (Å²) in [6.45, 7) is 2.72. The van der Waals surface area contributed by atoms with E-state index < -0.39 is 29.9 Å². The van der Waals surface area contributed by atoms with Crippen LogP contribution in [0.1, 0.15) is 62.7 Å². The topological polar surface area (TPSA) is 101 Å². The van der Waals surface area contributed by atoms with Gasteiger partial charge in [-0.15, -0.1) is 0 Å². The van der Waals surface area contributed by atoms with Crippen LogP contribution in [-0.4, -0.2) is 62.7 Å². The Balaban J connectivity index is 1.30. The minimum Gasteiger partial charge on any atom is -0.449 e. The number of alkyl carbamates (subject to hydrolysis) is 1. The number of aromatic nitrogens is 3. The molecule has 0 aromatic carbocycles. The van der Waals surface area contributed by atoms with Crippen LogP contribution in [0.3, 0.4) is 0 Å². The van der Waals surface area contributed by atoms with Crippen LogP contribution in [0.15, 0.2) is 18.5 Å². The Kier molecular flexibility index (Phi) is 6.65. The van der Waals surface area contributed by atoms with Gasteiger partial charge in [-0.25, -0.2) is 36.7 Å². The van der Waals surface area contributed by atoms with Crippen molar-refractivity contribution >= 4 is 17.8 Å². The van der Waals surface area contributed by atoms with E-state index >= 15 is 0 Å². The molecule has 2 atom stereocenters. The zero-order valence-corrected chi connectivity index (χ0v) is 20.4. The van der Waals surface area contributed by atoms with Gasteiger partial charge < -0.3 is 20.3 Å². The highest BCUT2D eigenvalue weighted by molar-refractivity contribution is 5.76. The molecular formula is C24H30F4N6O3. The monoisotopic (exact) mass is 526 g/mol. The number of hydrogen-bond donors (Lipinski definition) is 2. The standard InChI is InChI=1S/C24H30F4N6O3/c1-14-10-33(21(35)30-14)11-15-6-19-31-18(12-34(19)29-9-15)20(17-2-4-23(25,26)5-3-17)32-22(36)37-13-16-7-24(27,28)8-16/h6,9,12,14,16-17,20H,2-5,7-8,10-11,13H2,1H3,(H,30,35)(H,32,36)/t14-,20+/m1/s1. The van der Waals surface area contributed by atoms with Gasteiger partial charge in [0.15, 0.2) is 5.65 Å². The number of hydrogen-bond acceptors (Lipinski definition) is 5. The number of carbonyl (C=O) groups is 2. The molecule has 2 N–H and O–H groups in total. The smallest absolute Gasteiger partial charge is 0.407 e. The van der Waals surface area contributed by atoms with Crippen molar-refractivity contribution in [2.75, 3.05) is 13.2 Å². The van der Waals surface area contributed by atoms with E-state index in [1.807, 2.05) is 6.92 Å². The molecule has 9 nitrogen and oxygen atoms in total. The van der Waals surface area contributed by atoms with Gasteiger partial charge in [-0.3, -0.25) is 0 Å². The summed E-state index contributed by atoms with van der Waals surface area (Å²) < 4.78 is 60.5. The second kappa shape index (κ2) is 9.64. The third-order valence-corrected chi connectivity index (χ3v) is 7.37. The summed E-state index contributed by atoms with van der Waals surface area (Å²) in [7, 11) is 0. The van der Waals surface area contributed by atoms with E-state index in [-0.39, 0.29) is 63.1 Å². The minimum absolute atomic E-state index is 0.0532. The van der Waals surface area contributed by atoms with Gasteiger partial charge in [-0.2, -0.15) is 5.10 Å². The predicted octanol–water partition coefficient (Wildman–Crippen LogP) is 4.28. The van der Waals surface area contributed by atoms with Crippen molar-refractivity contribution in [2.45, 2.75) is 75.9 Å². The molecule has 5 rings (SSSR count). The first-order valence-corrected chi connectivity index (χ1v) is 12.5. The van der Waals surface area contributed by atoms with Gasteiger partial charge in [0.1, 0.15) is 0 Å². The fourth-order valence-electron chi connectivity index (χ4n) is 5.38. The van der Waals surface area contributed by atoms with E-state index in [9.17, 15) is 27.2 Å². The molecule has 0 bridgehead atoms. The molecule has 1 aliphatic heterocycles. The van der Waals surface area contributed by atoms with Crippen molar-refractivity contribution < 1.29 is 31.9 Å². The lowest BCUT2D eigenvalue weighted by Crippen LogP contribution is -2.41. The molecule has 2 aromatic rings. The molecule has 1 saturated heterocycles. The Bertz CT molecular complexity index is 1160. The Morgan fingerprint density at radius 2 is 1.97 bits per heavy atom. The van der Waals surface area contributed by atoms with Crippen LogP contribution in [0.5, 0.6) is 0 Å². The molecule has 2 aliphatic carbocycles. The van der Waals surface area contributed by atoms with Crippen LogP contribution < -0.4 is 10.6 Å². The van der Waals surface area contributed by atoms with E-state index in [1.165, 1.54) is 4.52 Å². The third kappa shape index (κ3) is 5.90. The number of nitrogens with zero attached hydrogens (tertiary/aromatic N) is 4.